The minimum absolute atomic E-state index is 0. The van der Waals surface area contributed by atoms with Crippen molar-refractivity contribution in [2.45, 2.75) is 25.8 Å². The SMILES string of the molecule is CN=C(NCCCCOCCOC)NC(C)COC.I. The van der Waals surface area contributed by atoms with Crippen LogP contribution in [0.25, 0.3) is 0 Å². The van der Waals surface area contributed by atoms with Crippen molar-refractivity contribution in [1.82, 2.24) is 10.6 Å². The predicted octanol–water partition coefficient (Wildman–Crippen LogP) is 1.25. The lowest BCUT2D eigenvalue weighted by Gasteiger charge is -2.17. The minimum Gasteiger partial charge on any atom is -0.383 e. The molecule has 1 atom stereocenters. The fraction of sp³-hybridized carbons (Fsp3) is 0.923. The molecule has 0 fully saturated rings. The van der Waals surface area contributed by atoms with Gasteiger partial charge >= 0.3 is 0 Å². The average Bonchev–Trinajstić information content (AvgIpc) is 2.40. The van der Waals surface area contributed by atoms with Gasteiger partial charge in [0.05, 0.1) is 19.8 Å². The highest BCUT2D eigenvalue weighted by atomic mass is 127. The summed E-state index contributed by atoms with van der Waals surface area (Å²) in [5, 5.41) is 6.52. The summed E-state index contributed by atoms with van der Waals surface area (Å²) in [5.74, 6) is 0.810. The number of ether oxygens (including phenoxy) is 3. The van der Waals surface area contributed by atoms with Crippen LogP contribution in [-0.4, -0.2) is 66.2 Å². The first kappa shape index (κ1) is 22.2. The number of guanidine groups is 1. The Labute approximate surface area is 140 Å². The molecule has 1 unspecified atom stereocenters. The van der Waals surface area contributed by atoms with Crippen LogP contribution in [0.1, 0.15) is 19.8 Å². The number of halogens is 1. The van der Waals surface area contributed by atoms with Crippen LogP contribution < -0.4 is 10.6 Å². The molecule has 20 heavy (non-hydrogen) atoms. The van der Waals surface area contributed by atoms with Crippen LogP contribution in [0.3, 0.4) is 0 Å². The Kier molecular flexibility index (Phi) is 18.8. The first-order valence-corrected chi connectivity index (χ1v) is 6.77. The molecule has 0 amide bonds. The van der Waals surface area contributed by atoms with E-state index in [1.54, 1.807) is 21.3 Å². The van der Waals surface area contributed by atoms with Crippen LogP contribution in [0.2, 0.25) is 0 Å². The van der Waals surface area contributed by atoms with E-state index >= 15 is 0 Å². The van der Waals surface area contributed by atoms with E-state index in [-0.39, 0.29) is 30.0 Å². The van der Waals surface area contributed by atoms with Gasteiger partial charge in [0.25, 0.3) is 0 Å². The average molecular weight is 403 g/mol. The lowest BCUT2D eigenvalue weighted by molar-refractivity contribution is 0.0689. The van der Waals surface area contributed by atoms with Crippen LogP contribution >= 0.6 is 24.0 Å². The van der Waals surface area contributed by atoms with Crippen molar-refractivity contribution in [2.24, 2.45) is 4.99 Å². The van der Waals surface area contributed by atoms with Gasteiger partial charge in [0.2, 0.25) is 0 Å². The van der Waals surface area contributed by atoms with Crippen LogP contribution in [-0.2, 0) is 14.2 Å². The number of hydrogen-bond acceptors (Lipinski definition) is 4. The van der Waals surface area contributed by atoms with Crippen molar-refractivity contribution in [3.8, 4) is 0 Å². The number of methoxy groups -OCH3 is 2. The van der Waals surface area contributed by atoms with E-state index in [1.165, 1.54) is 0 Å². The molecule has 0 rings (SSSR count). The predicted molar refractivity (Wildman–Crippen MR) is 93.2 cm³/mol. The highest BCUT2D eigenvalue weighted by molar-refractivity contribution is 14.0. The van der Waals surface area contributed by atoms with Crippen molar-refractivity contribution < 1.29 is 14.2 Å². The zero-order valence-corrected chi connectivity index (χ0v) is 15.4. The molecule has 0 aliphatic rings. The molecule has 0 saturated carbocycles. The van der Waals surface area contributed by atoms with Gasteiger partial charge in [0.15, 0.2) is 5.96 Å². The van der Waals surface area contributed by atoms with Gasteiger partial charge in [-0.2, -0.15) is 0 Å². The van der Waals surface area contributed by atoms with Gasteiger partial charge in [-0.3, -0.25) is 4.99 Å². The smallest absolute Gasteiger partial charge is 0.191 e. The van der Waals surface area contributed by atoms with Gasteiger partial charge in [-0.15, -0.1) is 24.0 Å². The summed E-state index contributed by atoms with van der Waals surface area (Å²) >= 11 is 0. The molecule has 0 aromatic carbocycles. The van der Waals surface area contributed by atoms with Gasteiger partial charge in [0, 0.05) is 40.5 Å². The Morgan fingerprint density at radius 2 is 1.85 bits per heavy atom. The lowest BCUT2D eigenvalue weighted by Crippen LogP contribution is -2.44. The van der Waals surface area contributed by atoms with E-state index in [9.17, 15) is 0 Å². The number of rotatable bonds is 11. The number of hydrogen-bond donors (Lipinski definition) is 2. The fourth-order valence-electron chi connectivity index (χ4n) is 1.50. The molecule has 2 N–H and O–H groups in total. The maximum absolute atomic E-state index is 5.39. The first-order chi connectivity index (χ1) is 9.24. The van der Waals surface area contributed by atoms with Crippen molar-refractivity contribution in [3.05, 3.63) is 0 Å². The molecule has 0 aromatic heterocycles. The molecule has 0 radical (unpaired) electrons. The standard InChI is InChI=1S/C13H29N3O3.HI/c1-12(11-18-4)16-13(14-2)15-7-5-6-8-19-10-9-17-3;/h12H,5-11H2,1-4H3,(H2,14,15,16);1H. The molecule has 0 spiro atoms. The fourth-order valence-corrected chi connectivity index (χ4v) is 1.50. The van der Waals surface area contributed by atoms with Crippen molar-refractivity contribution >= 4 is 29.9 Å². The van der Waals surface area contributed by atoms with Crippen LogP contribution in [0, 0.1) is 0 Å². The number of nitrogens with zero attached hydrogens (tertiary/aromatic N) is 1. The molecule has 6 nitrogen and oxygen atoms in total. The monoisotopic (exact) mass is 403 g/mol. The van der Waals surface area contributed by atoms with Crippen LogP contribution in [0.5, 0.6) is 0 Å². The summed E-state index contributed by atoms with van der Waals surface area (Å²) in [6.07, 6.45) is 2.08. The quantitative estimate of drug-likeness (QED) is 0.235. The topological polar surface area (TPSA) is 64.1 Å². The second kappa shape index (κ2) is 16.9. The highest BCUT2D eigenvalue weighted by Crippen LogP contribution is 1.89. The third-order valence-electron chi connectivity index (χ3n) is 2.46. The summed E-state index contributed by atoms with van der Waals surface area (Å²) in [6.45, 7) is 5.70. The zero-order valence-electron chi connectivity index (χ0n) is 13.1. The molecule has 0 aliphatic carbocycles. The third-order valence-corrected chi connectivity index (χ3v) is 2.46. The Morgan fingerprint density at radius 3 is 2.45 bits per heavy atom. The molecule has 122 valence electrons. The summed E-state index contributed by atoms with van der Waals surface area (Å²) in [7, 11) is 5.14. The Balaban J connectivity index is 0. The molecular formula is C13H30IN3O3. The first-order valence-electron chi connectivity index (χ1n) is 6.77. The molecule has 0 bridgehead atoms. The lowest BCUT2D eigenvalue weighted by atomic mass is 10.3. The molecule has 0 aliphatic heterocycles. The van der Waals surface area contributed by atoms with Gasteiger partial charge in [-0.05, 0) is 19.8 Å². The summed E-state index contributed by atoms with van der Waals surface area (Å²) in [4.78, 5) is 4.16. The summed E-state index contributed by atoms with van der Waals surface area (Å²) in [5.41, 5.74) is 0. The molecule has 0 saturated heterocycles. The molecular weight excluding hydrogens is 373 g/mol. The molecule has 0 aromatic rings. The normalized spacial score (nSPS) is 12.7. The highest BCUT2D eigenvalue weighted by Gasteiger charge is 2.03. The van der Waals surface area contributed by atoms with E-state index in [4.69, 9.17) is 14.2 Å². The largest absolute Gasteiger partial charge is 0.383 e. The van der Waals surface area contributed by atoms with Gasteiger partial charge in [0.1, 0.15) is 0 Å². The van der Waals surface area contributed by atoms with Gasteiger partial charge in [-0.1, -0.05) is 0 Å². The maximum atomic E-state index is 5.39. The van der Waals surface area contributed by atoms with Crippen LogP contribution in [0.4, 0.5) is 0 Å². The maximum Gasteiger partial charge on any atom is 0.191 e. The second-order valence-electron chi connectivity index (χ2n) is 4.31. The second-order valence-corrected chi connectivity index (χ2v) is 4.31. The van der Waals surface area contributed by atoms with Gasteiger partial charge in [-0.25, -0.2) is 0 Å². The van der Waals surface area contributed by atoms with E-state index in [0.717, 1.165) is 32.0 Å². The Morgan fingerprint density at radius 1 is 1.10 bits per heavy atom. The van der Waals surface area contributed by atoms with E-state index < -0.39 is 0 Å². The summed E-state index contributed by atoms with van der Waals surface area (Å²) < 4.78 is 15.4. The van der Waals surface area contributed by atoms with E-state index in [2.05, 4.69) is 22.5 Å². The molecule has 7 heteroatoms. The van der Waals surface area contributed by atoms with Crippen molar-refractivity contribution in [2.75, 3.05) is 54.2 Å². The van der Waals surface area contributed by atoms with E-state index in [0.29, 0.717) is 19.8 Å². The number of nitrogens with one attached hydrogen (secondary N) is 2. The minimum atomic E-state index is 0. The Hall–Kier alpha value is -0.120. The number of unbranched alkanes of at least 4 members (excludes halogenated alkanes) is 1. The summed E-state index contributed by atoms with van der Waals surface area (Å²) in [6, 6.07) is 0.244. The molecule has 0 heterocycles. The van der Waals surface area contributed by atoms with E-state index in [1.807, 2.05) is 0 Å². The van der Waals surface area contributed by atoms with Crippen LogP contribution in [0.15, 0.2) is 4.99 Å². The Bertz CT molecular complexity index is 231. The van der Waals surface area contributed by atoms with Gasteiger partial charge < -0.3 is 24.8 Å². The van der Waals surface area contributed by atoms with Crippen molar-refractivity contribution in [1.29, 1.82) is 0 Å². The van der Waals surface area contributed by atoms with Crippen molar-refractivity contribution in [3.63, 3.8) is 0 Å². The zero-order chi connectivity index (χ0) is 14.3. The third kappa shape index (κ3) is 14.3. The number of aliphatic imine (C=N–C) groups is 1.